The van der Waals surface area contributed by atoms with Crippen molar-refractivity contribution < 1.29 is 0 Å². The first-order chi connectivity index (χ1) is 11.3. The molecule has 0 aliphatic heterocycles. The molecule has 0 saturated heterocycles. The van der Waals surface area contributed by atoms with E-state index in [0.717, 1.165) is 11.4 Å². The summed E-state index contributed by atoms with van der Waals surface area (Å²) in [6.45, 7) is 20.5. The highest BCUT2D eigenvalue weighted by Gasteiger charge is 2.25. The fraction of sp³-hybridized carbons (Fsp3) is 0.500. The van der Waals surface area contributed by atoms with E-state index in [0.29, 0.717) is 0 Å². The lowest BCUT2D eigenvalue weighted by molar-refractivity contribution is 0.530. The Morgan fingerprint density at radius 2 is 1.12 bits per heavy atom. The molecule has 0 aliphatic carbocycles. The lowest BCUT2D eigenvalue weighted by atomic mass is 9.75. The fourth-order valence-corrected chi connectivity index (χ4v) is 3.13. The molecule has 0 spiro atoms. The maximum absolute atomic E-state index is 3.61. The molecule has 0 amide bonds. The van der Waals surface area contributed by atoms with E-state index in [1.165, 1.54) is 16.7 Å². The Balaban J connectivity index is 2.42. The molecule has 0 radical (unpaired) electrons. The van der Waals surface area contributed by atoms with Gasteiger partial charge in [0.1, 0.15) is 0 Å². The third kappa shape index (κ3) is 4.87. The first-order valence-corrected chi connectivity index (χ1v) is 9.31. The molecule has 0 saturated carbocycles. The van der Waals surface area contributed by atoms with E-state index in [1.807, 2.05) is 0 Å². The molecular weight excluding hydrogens is 302 g/mol. The first-order valence-electron chi connectivity index (χ1n) is 9.31. The summed E-state index contributed by atoms with van der Waals surface area (Å²) in [4.78, 5) is 0. The molecule has 25 heavy (non-hydrogen) atoms. The second kappa shape index (κ2) is 6.52. The lowest BCUT2D eigenvalue weighted by Crippen LogP contribution is -2.22. The van der Waals surface area contributed by atoms with E-state index >= 15 is 0 Å². The van der Waals surface area contributed by atoms with Gasteiger partial charge in [-0.2, -0.15) is 0 Å². The minimum absolute atomic E-state index is 0.119. The number of nitrogens with one attached hydrogen (secondary N) is 1. The van der Waals surface area contributed by atoms with E-state index in [-0.39, 0.29) is 16.2 Å². The number of hydrogen-bond donors (Lipinski definition) is 1. The van der Waals surface area contributed by atoms with Crippen LogP contribution in [0.15, 0.2) is 42.5 Å². The summed E-state index contributed by atoms with van der Waals surface area (Å²) < 4.78 is 0. The van der Waals surface area contributed by atoms with Gasteiger partial charge in [0.2, 0.25) is 0 Å². The van der Waals surface area contributed by atoms with Gasteiger partial charge in [-0.25, -0.2) is 0 Å². The molecule has 0 fully saturated rings. The molecule has 136 valence electrons. The van der Waals surface area contributed by atoms with Crippen LogP contribution in [0.5, 0.6) is 0 Å². The Kier molecular flexibility index (Phi) is 5.10. The summed E-state index contributed by atoms with van der Waals surface area (Å²) in [6, 6.07) is 15.6. The Bertz CT molecular complexity index is 734. The van der Waals surface area contributed by atoms with Crippen LogP contribution in [0.2, 0.25) is 0 Å². The highest BCUT2D eigenvalue weighted by Crippen LogP contribution is 2.36. The molecule has 0 aromatic heterocycles. The van der Waals surface area contributed by atoms with Crippen LogP contribution in [0.25, 0.3) is 0 Å². The second-order valence-electron chi connectivity index (χ2n) is 10.2. The van der Waals surface area contributed by atoms with Gasteiger partial charge in [0.25, 0.3) is 0 Å². The van der Waals surface area contributed by atoms with Crippen LogP contribution in [0.4, 0.5) is 11.4 Å². The van der Waals surface area contributed by atoms with Crippen molar-refractivity contribution in [1.29, 1.82) is 0 Å². The maximum atomic E-state index is 3.61. The van der Waals surface area contributed by atoms with Crippen LogP contribution in [-0.2, 0) is 16.2 Å². The van der Waals surface area contributed by atoms with Crippen LogP contribution < -0.4 is 5.32 Å². The normalized spacial score (nSPS) is 13.0. The predicted octanol–water partition coefficient (Wildman–Crippen LogP) is 7.32. The average molecular weight is 338 g/mol. The molecule has 0 unspecified atom stereocenters. The van der Waals surface area contributed by atoms with Crippen molar-refractivity contribution in [3.8, 4) is 0 Å². The smallest absolute Gasteiger partial charge is 0.0387 e. The van der Waals surface area contributed by atoms with Gasteiger partial charge in [-0.05, 0) is 57.2 Å². The molecule has 2 aromatic carbocycles. The summed E-state index contributed by atoms with van der Waals surface area (Å²) in [6.07, 6.45) is 0. The third-order valence-electron chi connectivity index (χ3n) is 4.65. The largest absolute Gasteiger partial charge is 0.356 e. The van der Waals surface area contributed by atoms with Crippen molar-refractivity contribution in [2.75, 3.05) is 5.32 Å². The summed E-state index contributed by atoms with van der Waals surface area (Å²) in [5.74, 6) is 0. The zero-order valence-electron chi connectivity index (χ0n) is 17.5. The lowest BCUT2D eigenvalue weighted by Gasteiger charge is -2.30. The SMILES string of the molecule is CC(C)(C)c1cccc(Nc2ccc(C(C)(C)C)c(C(C)(C)C)c2)c1. The molecule has 0 atom stereocenters. The highest BCUT2D eigenvalue weighted by molar-refractivity contribution is 5.63. The van der Waals surface area contributed by atoms with E-state index in [2.05, 4.69) is 110 Å². The van der Waals surface area contributed by atoms with E-state index < -0.39 is 0 Å². The zero-order chi connectivity index (χ0) is 19.0. The molecule has 0 aliphatic rings. The minimum Gasteiger partial charge on any atom is -0.356 e. The van der Waals surface area contributed by atoms with E-state index in [9.17, 15) is 0 Å². The Morgan fingerprint density at radius 3 is 1.64 bits per heavy atom. The van der Waals surface area contributed by atoms with Crippen molar-refractivity contribution in [2.45, 2.75) is 78.6 Å². The van der Waals surface area contributed by atoms with Crippen LogP contribution in [0.1, 0.15) is 79.0 Å². The molecule has 2 aromatic rings. The Hall–Kier alpha value is -1.76. The Morgan fingerprint density at radius 1 is 0.560 bits per heavy atom. The molecule has 0 bridgehead atoms. The summed E-state index contributed by atoms with van der Waals surface area (Å²) in [5.41, 5.74) is 6.91. The predicted molar refractivity (Wildman–Crippen MR) is 112 cm³/mol. The number of benzene rings is 2. The molecule has 1 heteroatoms. The highest BCUT2D eigenvalue weighted by atomic mass is 14.9. The van der Waals surface area contributed by atoms with Crippen molar-refractivity contribution in [3.63, 3.8) is 0 Å². The number of anilines is 2. The second-order valence-corrected chi connectivity index (χ2v) is 10.2. The van der Waals surface area contributed by atoms with E-state index in [4.69, 9.17) is 0 Å². The van der Waals surface area contributed by atoms with E-state index in [1.54, 1.807) is 0 Å². The van der Waals surface area contributed by atoms with Crippen LogP contribution in [-0.4, -0.2) is 0 Å². The van der Waals surface area contributed by atoms with Crippen molar-refractivity contribution in [1.82, 2.24) is 0 Å². The summed E-state index contributed by atoms with van der Waals surface area (Å²) in [5, 5.41) is 3.61. The number of rotatable bonds is 2. The topological polar surface area (TPSA) is 12.0 Å². The molecule has 2 rings (SSSR count). The maximum Gasteiger partial charge on any atom is 0.0387 e. The van der Waals surface area contributed by atoms with Crippen molar-refractivity contribution in [2.24, 2.45) is 0 Å². The summed E-state index contributed by atoms with van der Waals surface area (Å²) in [7, 11) is 0. The molecular formula is C24H35N. The molecule has 0 heterocycles. The van der Waals surface area contributed by atoms with Gasteiger partial charge in [-0.15, -0.1) is 0 Å². The van der Waals surface area contributed by atoms with Gasteiger partial charge in [-0.1, -0.05) is 80.5 Å². The quantitative estimate of drug-likeness (QED) is 0.605. The monoisotopic (exact) mass is 337 g/mol. The standard InChI is InChI=1S/C24H35N/c1-22(2,3)17-11-10-12-18(15-17)25-19-13-14-20(23(4,5)6)21(16-19)24(7,8)9/h10-16,25H,1-9H3. The van der Waals surface area contributed by atoms with Gasteiger partial charge < -0.3 is 5.32 Å². The molecule has 1 N–H and O–H groups in total. The van der Waals surface area contributed by atoms with Crippen LogP contribution >= 0.6 is 0 Å². The fourth-order valence-electron chi connectivity index (χ4n) is 3.13. The van der Waals surface area contributed by atoms with Gasteiger partial charge in [0, 0.05) is 11.4 Å². The zero-order valence-corrected chi connectivity index (χ0v) is 17.5. The van der Waals surface area contributed by atoms with Crippen molar-refractivity contribution >= 4 is 11.4 Å². The number of hydrogen-bond acceptors (Lipinski definition) is 1. The van der Waals surface area contributed by atoms with Gasteiger partial charge in [0.15, 0.2) is 0 Å². The average Bonchev–Trinajstić information content (AvgIpc) is 2.44. The van der Waals surface area contributed by atoms with Gasteiger partial charge in [-0.3, -0.25) is 0 Å². The first kappa shape index (κ1) is 19.6. The van der Waals surface area contributed by atoms with Crippen LogP contribution in [0.3, 0.4) is 0 Å². The van der Waals surface area contributed by atoms with Crippen LogP contribution in [0, 0.1) is 0 Å². The molecule has 1 nitrogen and oxygen atoms in total. The Labute approximate surface area is 154 Å². The summed E-state index contributed by atoms with van der Waals surface area (Å²) >= 11 is 0. The van der Waals surface area contributed by atoms with Crippen molar-refractivity contribution in [3.05, 3.63) is 59.2 Å². The van der Waals surface area contributed by atoms with Gasteiger partial charge in [0.05, 0.1) is 0 Å². The third-order valence-corrected chi connectivity index (χ3v) is 4.65. The van der Waals surface area contributed by atoms with Gasteiger partial charge >= 0.3 is 0 Å². The minimum atomic E-state index is 0.119.